The van der Waals surface area contributed by atoms with Crippen molar-refractivity contribution in [2.75, 3.05) is 0 Å². The summed E-state index contributed by atoms with van der Waals surface area (Å²) >= 11 is 5.28. The van der Waals surface area contributed by atoms with E-state index in [1.807, 2.05) is 22.6 Å². The summed E-state index contributed by atoms with van der Waals surface area (Å²) in [5, 5.41) is 13.6. The summed E-state index contributed by atoms with van der Waals surface area (Å²) in [5.41, 5.74) is 2.55. The van der Waals surface area contributed by atoms with Crippen molar-refractivity contribution in [3.8, 4) is 5.75 Å². The second-order valence-corrected chi connectivity index (χ2v) is 6.08. The van der Waals surface area contributed by atoms with Crippen molar-refractivity contribution in [2.24, 2.45) is 5.10 Å². The molecule has 0 atom stereocenters. The Bertz CT molecular complexity index is 722. The van der Waals surface area contributed by atoms with Crippen molar-refractivity contribution in [2.45, 2.75) is 0 Å². The van der Waals surface area contributed by atoms with E-state index < -0.39 is 11.7 Å². The van der Waals surface area contributed by atoms with Crippen LogP contribution in [0.4, 0.5) is 4.39 Å². The topological polar surface area (TPSA) is 61.7 Å². The predicted octanol–water partition coefficient (Wildman–Crippen LogP) is 3.66. The largest absolute Gasteiger partial charge is 0.506 e. The summed E-state index contributed by atoms with van der Waals surface area (Å²) < 4.78 is 14.8. The van der Waals surface area contributed by atoms with Gasteiger partial charge in [0.05, 0.1) is 15.3 Å². The summed E-state index contributed by atoms with van der Waals surface area (Å²) in [6, 6.07) is 9.00. The molecule has 0 fully saturated rings. The third kappa shape index (κ3) is 4.01. The van der Waals surface area contributed by atoms with E-state index in [4.69, 9.17) is 0 Å². The van der Waals surface area contributed by atoms with E-state index in [0.29, 0.717) is 9.13 Å². The van der Waals surface area contributed by atoms with Gasteiger partial charge in [-0.3, -0.25) is 4.79 Å². The third-order valence-electron chi connectivity index (χ3n) is 2.55. The summed E-state index contributed by atoms with van der Waals surface area (Å²) in [4.78, 5) is 11.7. The SMILES string of the molecule is O=C(N/N=C\c1cc(Br)cc(I)c1O)c1ccccc1F. The van der Waals surface area contributed by atoms with Crippen molar-refractivity contribution < 1.29 is 14.3 Å². The van der Waals surface area contributed by atoms with Crippen LogP contribution in [0.2, 0.25) is 0 Å². The molecule has 1 amide bonds. The Kier molecular flexibility index (Phi) is 5.29. The number of rotatable bonds is 3. The fourth-order valence-corrected chi connectivity index (χ4v) is 3.10. The van der Waals surface area contributed by atoms with Crippen LogP contribution in [-0.4, -0.2) is 17.2 Å². The first kappa shape index (κ1) is 15.9. The van der Waals surface area contributed by atoms with Gasteiger partial charge in [0, 0.05) is 10.0 Å². The molecular weight excluding hydrogens is 454 g/mol. The maximum absolute atomic E-state index is 13.4. The standard InChI is InChI=1S/C14H9BrFIN2O2/c15-9-5-8(13(20)12(17)6-9)7-18-19-14(21)10-3-1-2-4-11(10)16/h1-7,20H,(H,19,21)/b18-7-. The van der Waals surface area contributed by atoms with Gasteiger partial charge in [0.25, 0.3) is 5.91 Å². The van der Waals surface area contributed by atoms with Gasteiger partial charge in [-0.25, -0.2) is 9.82 Å². The van der Waals surface area contributed by atoms with Gasteiger partial charge in [0.15, 0.2) is 0 Å². The van der Waals surface area contributed by atoms with E-state index in [1.54, 1.807) is 18.2 Å². The van der Waals surface area contributed by atoms with Crippen molar-refractivity contribution in [1.29, 1.82) is 0 Å². The number of amides is 1. The maximum atomic E-state index is 13.4. The van der Waals surface area contributed by atoms with Crippen LogP contribution in [0.5, 0.6) is 5.75 Å². The molecule has 0 aliphatic heterocycles. The Balaban J connectivity index is 2.13. The third-order valence-corrected chi connectivity index (χ3v) is 3.83. The van der Waals surface area contributed by atoms with Crippen LogP contribution < -0.4 is 5.43 Å². The summed E-state index contributed by atoms with van der Waals surface area (Å²) in [5.74, 6) is -1.22. The molecule has 0 bridgehead atoms. The molecule has 0 aromatic heterocycles. The van der Waals surface area contributed by atoms with Gasteiger partial charge in [-0.15, -0.1) is 0 Å². The Morgan fingerprint density at radius 2 is 2.10 bits per heavy atom. The number of carbonyl (C=O) groups excluding carboxylic acids is 1. The van der Waals surface area contributed by atoms with Crippen LogP contribution in [0.25, 0.3) is 0 Å². The zero-order valence-corrected chi connectivity index (χ0v) is 14.2. The molecule has 2 N–H and O–H groups in total. The highest BCUT2D eigenvalue weighted by Gasteiger charge is 2.10. The molecule has 0 spiro atoms. The minimum atomic E-state index is -0.659. The quantitative estimate of drug-likeness (QED) is 0.415. The molecule has 0 aliphatic rings. The maximum Gasteiger partial charge on any atom is 0.274 e. The van der Waals surface area contributed by atoms with Crippen molar-refractivity contribution >= 4 is 50.6 Å². The molecule has 7 heteroatoms. The number of halogens is 3. The van der Waals surface area contributed by atoms with Gasteiger partial charge in [0.2, 0.25) is 0 Å². The van der Waals surface area contributed by atoms with E-state index in [2.05, 4.69) is 26.5 Å². The zero-order valence-electron chi connectivity index (χ0n) is 10.5. The second kappa shape index (κ2) is 6.99. The fourth-order valence-electron chi connectivity index (χ4n) is 1.55. The molecule has 2 aromatic rings. The van der Waals surface area contributed by atoms with E-state index in [0.717, 1.165) is 4.47 Å². The van der Waals surface area contributed by atoms with E-state index in [1.165, 1.54) is 24.4 Å². The molecule has 4 nitrogen and oxygen atoms in total. The van der Waals surface area contributed by atoms with Gasteiger partial charge in [-0.1, -0.05) is 28.1 Å². The monoisotopic (exact) mass is 462 g/mol. The number of nitrogens with one attached hydrogen (secondary N) is 1. The summed E-state index contributed by atoms with van der Waals surface area (Å²) in [7, 11) is 0. The minimum Gasteiger partial charge on any atom is -0.506 e. The van der Waals surface area contributed by atoms with Gasteiger partial charge < -0.3 is 5.11 Å². The molecule has 0 saturated heterocycles. The molecule has 0 unspecified atom stereocenters. The second-order valence-electron chi connectivity index (χ2n) is 4.00. The predicted molar refractivity (Wildman–Crippen MR) is 90.0 cm³/mol. The van der Waals surface area contributed by atoms with Gasteiger partial charge >= 0.3 is 0 Å². The molecule has 108 valence electrons. The van der Waals surface area contributed by atoms with Gasteiger partial charge in [-0.05, 0) is 46.9 Å². The highest BCUT2D eigenvalue weighted by Crippen LogP contribution is 2.27. The molecule has 21 heavy (non-hydrogen) atoms. The highest BCUT2D eigenvalue weighted by atomic mass is 127. The normalized spacial score (nSPS) is 10.8. The van der Waals surface area contributed by atoms with Crippen LogP contribution in [0, 0.1) is 9.39 Å². The molecule has 0 radical (unpaired) electrons. The molecule has 0 saturated carbocycles. The summed E-state index contributed by atoms with van der Waals surface area (Å²) in [6.45, 7) is 0. The first-order valence-corrected chi connectivity index (χ1v) is 7.62. The zero-order chi connectivity index (χ0) is 15.4. The minimum absolute atomic E-state index is 0.0580. The Hall–Kier alpha value is -1.48. The smallest absolute Gasteiger partial charge is 0.274 e. The number of hydrogen-bond donors (Lipinski definition) is 2. The lowest BCUT2D eigenvalue weighted by molar-refractivity contribution is 0.0951. The van der Waals surface area contributed by atoms with E-state index >= 15 is 0 Å². The van der Waals surface area contributed by atoms with Crippen LogP contribution >= 0.6 is 38.5 Å². The molecule has 0 aliphatic carbocycles. The Labute approximate surface area is 142 Å². The number of benzene rings is 2. The van der Waals surface area contributed by atoms with E-state index in [9.17, 15) is 14.3 Å². The Morgan fingerprint density at radius 3 is 2.81 bits per heavy atom. The van der Waals surface area contributed by atoms with Crippen LogP contribution in [0.1, 0.15) is 15.9 Å². The number of phenolic OH excluding ortho intramolecular Hbond substituents is 1. The van der Waals surface area contributed by atoms with Crippen LogP contribution in [0.3, 0.4) is 0 Å². The lowest BCUT2D eigenvalue weighted by atomic mass is 10.2. The lowest BCUT2D eigenvalue weighted by Crippen LogP contribution is -2.18. The average molecular weight is 463 g/mol. The highest BCUT2D eigenvalue weighted by molar-refractivity contribution is 14.1. The van der Waals surface area contributed by atoms with Crippen molar-refractivity contribution in [3.63, 3.8) is 0 Å². The first-order chi connectivity index (χ1) is 9.99. The number of aromatic hydroxyl groups is 1. The number of phenols is 1. The number of carbonyl (C=O) groups is 1. The first-order valence-electron chi connectivity index (χ1n) is 5.75. The van der Waals surface area contributed by atoms with Crippen molar-refractivity contribution in [3.05, 3.63) is 61.4 Å². The Morgan fingerprint density at radius 1 is 1.38 bits per heavy atom. The van der Waals surface area contributed by atoms with Crippen molar-refractivity contribution in [1.82, 2.24) is 5.43 Å². The van der Waals surface area contributed by atoms with Gasteiger partial charge in [-0.2, -0.15) is 5.10 Å². The average Bonchev–Trinajstić information content (AvgIpc) is 2.44. The number of hydrazone groups is 1. The van der Waals surface area contributed by atoms with E-state index in [-0.39, 0.29) is 11.3 Å². The summed E-state index contributed by atoms with van der Waals surface area (Å²) in [6.07, 6.45) is 1.29. The fraction of sp³-hybridized carbons (Fsp3) is 0. The van der Waals surface area contributed by atoms with Gasteiger partial charge in [0.1, 0.15) is 11.6 Å². The molecule has 0 heterocycles. The lowest BCUT2D eigenvalue weighted by Gasteiger charge is -2.03. The van der Waals surface area contributed by atoms with Crippen LogP contribution in [-0.2, 0) is 0 Å². The molecule has 2 rings (SSSR count). The van der Waals surface area contributed by atoms with Crippen LogP contribution in [0.15, 0.2) is 46.0 Å². The number of nitrogens with zero attached hydrogens (tertiary/aromatic N) is 1. The molecule has 2 aromatic carbocycles. The number of hydrogen-bond acceptors (Lipinski definition) is 3. The molecular formula is C14H9BrFIN2O2.